The highest BCUT2D eigenvalue weighted by molar-refractivity contribution is 5.83. The molecule has 1 aliphatic rings. The fourth-order valence-corrected chi connectivity index (χ4v) is 3.69. The number of benzene rings is 2. The van der Waals surface area contributed by atoms with Crippen LogP contribution in [0.15, 0.2) is 54.7 Å². The molecule has 0 atom stereocenters. The highest BCUT2D eigenvalue weighted by Crippen LogP contribution is 2.27. The van der Waals surface area contributed by atoms with Crippen LogP contribution >= 0.6 is 0 Å². The number of hydrogen-bond acceptors (Lipinski definition) is 2. The molecule has 24 heavy (non-hydrogen) atoms. The van der Waals surface area contributed by atoms with Gasteiger partial charge in [0, 0.05) is 35.4 Å². The summed E-state index contributed by atoms with van der Waals surface area (Å²) >= 11 is 0. The molecule has 1 fully saturated rings. The molecule has 1 radical (unpaired) electrons. The van der Waals surface area contributed by atoms with Crippen LogP contribution in [0.25, 0.3) is 10.9 Å². The van der Waals surface area contributed by atoms with Gasteiger partial charge in [-0.1, -0.05) is 24.3 Å². The number of H-pyrrole nitrogens is 1. The van der Waals surface area contributed by atoms with Crippen molar-refractivity contribution in [1.82, 2.24) is 10.3 Å². The number of nitrogens with one attached hydrogen (secondary N) is 2. The number of piperidine rings is 1. The Morgan fingerprint density at radius 2 is 1.92 bits per heavy atom. The van der Waals surface area contributed by atoms with E-state index < -0.39 is 0 Å². The lowest BCUT2D eigenvalue weighted by molar-refractivity contribution is 0.428. The van der Waals surface area contributed by atoms with Gasteiger partial charge in [-0.25, -0.2) is 0 Å². The third kappa shape index (κ3) is 3.17. The lowest BCUT2D eigenvalue weighted by Crippen LogP contribution is -2.43. The van der Waals surface area contributed by atoms with Gasteiger partial charge in [-0.15, -0.1) is 0 Å². The Bertz CT molecular complexity index is 815. The van der Waals surface area contributed by atoms with Gasteiger partial charge in [0.15, 0.2) is 0 Å². The fraction of sp³-hybridized carbons (Fsp3) is 0.286. The molecule has 2 heterocycles. The van der Waals surface area contributed by atoms with Crippen molar-refractivity contribution in [1.29, 1.82) is 0 Å². The average molecular weight is 318 g/mol. The first-order valence-electron chi connectivity index (χ1n) is 8.75. The van der Waals surface area contributed by atoms with Crippen molar-refractivity contribution in [3.63, 3.8) is 0 Å². The van der Waals surface area contributed by atoms with E-state index >= 15 is 0 Å². The highest BCUT2D eigenvalue weighted by atomic mass is 15.2. The molecular weight excluding hydrogens is 294 g/mol. The molecule has 3 nitrogen and oxygen atoms in total. The molecule has 4 rings (SSSR count). The smallest absolute Gasteiger partial charge is 0.0455 e. The van der Waals surface area contributed by atoms with Crippen LogP contribution in [0.3, 0.4) is 0 Å². The summed E-state index contributed by atoms with van der Waals surface area (Å²) in [7, 11) is 0. The molecule has 1 aliphatic heterocycles. The first-order valence-corrected chi connectivity index (χ1v) is 8.75. The quantitative estimate of drug-likeness (QED) is 0.758. The van der Waals surface area contributed by atoms with Crippen LogP contribution in [0.1, 0.15) is 24.0 Å². The van der Waals surface area contributed by atoms with Gasteiger partial charge in [0.05, 0.1) is 0 Å². The van der Waals surface area contributed by atoms with Gasteiger partial charge in [-0.05, 0) is 68.2 Å². The van der Waals surface area contributed by atoms with Gasteiger partial charge in [0.25, 0.3) is 0 Å². The molecule has 3 aromatic rings. The van der Waals surface area contributed by atoms with Gasteiger partial charge in [0.1, 0.15) is 0 Å². The largest absolute Gasteiger partial charge is 0.364 e. The summed E-state index contributed by atoms with van der Waals surface area (Å²) in [6.45, 7) is 7.21. The second-order valence-corrected chi connectivity index (χ2v) is 6.68. The molecule has 0 aliphatic carbocycles. The summed E-state index contributed by atoms with van der Waals surface area (Å²) in [4.78, 5) is 5.86. The molecule has 1 saturated heterocycles. The maximum absolute atomic E-state index is 4.08. The summed E-state index contributed by atoms with van der Waals surface area (Å²) in [6, 6.07) is 18.0. The van der Waals surface area contributed by atoms with Crippen molar-refractivity contribution < 1.29 is 0 Å². The van der Waals surface area contributed by atoms with E-state index in [1.807, 2.05) is 6.20 Å². The molecule has 0 spiro atoms. The van der Waals surface area contributed by atoms with Crippen molar-refractivity contribution >= 4 is 16.6 Å². The average Bonchev–Trinajstić information content (AvgIpc) is 3.08. The SMILES string of the molecule is [CH2]c1cccc(CN(c2ccc3[nH]ccc3c2)C2CCNCC2)c1. The van der Waals surface area contributed by atoms with E-state index in [0.29, 0.717) is 6.04 Å². The predicted molar refractivity (Wildman–Crippen MR) is 101 cm³/mol. The summed E-state index contributed by atoms with van der Waals surface area (Å²) in [6.07, 6.45) is 4.39. The summed E-state index contributed by atoms with van der Waals surface area (Å²) in [5, 5.41) is 4.75. The molecule has 2 N–H and O–H groups in total. The minimum Gasteiger partial charge on any atom is -0.364 e. The van der Waals surface area contributed by atoms with Crippen LogP contribution in [0.5, 0.6) is 0 Å². The maximum atomic E-state index is 4.08. The number of rotatable bonds is 4. The standard InChI is InChI=1S/C21H24N3/c1-16-3-2-4-17(13-16)15-24(19-8-10-22-11-9-19)20-5-6-21-18(14-20)7-12-23-21/h2-7,12-14,19,22-23H,1,8-11,15H2. The Labute approximate surface area is 143 Å². The molecule has 0 unspecified atom stereocenters. The summed E-state index contributed by atoms with van der Waals surface area (Å²) in [5.41, 5.74) is 4.92. The van der Waals surface area contributed by atoms with Crippen LogP contribution in [0, 0.1) is 6.92 Å². The molecule has 0 saturated carbocycles. The van der Waals surface area contributed by atoms with Crippen LogP contribution in [0.4, 0.5) is 5.69 Å². The first kappa shape index (κ1) is 15.3. The number of anilines is 1. The monoisotopic (exact) mass is 318 g/mol. The first-order chi connectivity index (χ1) is 11.8. The van der Waals surface area contributed by atoms with Crippen molar-refractivity contribution in [2.75, 3.05) is 18.0 Å². The summed E-state index contributed by atoms with van der Waals surface area (Å²) in [5.74, 6) is 0. The normalized spacial score (nSPS) is 15.7. The summed E-state index contributed by atoms with van der Waals surface area (Å²) < 4.78 is 0. The van der Waals surface area contributed by atoms with E-state index in [9.17, 15) is 0 Å². The molecule has 2 aromatic carbocycles. The van der Waals surface area contributed by atoms with Crippen molar-refractivity contribution in [2.24, 2.45) is 0 Å². The Morgan fingerprint density at radius 1 is 1.04 bits per heavy atom. The van der Waals surface area contributed by atoms with Gasteiger partial charge in [-0.3, -0.25) is 0 Å². The Morgan fingerprint density at radius 3 is 2.75 bits per heavy atom. The van der Waals surface area contributed by atoms with E-state index in [1.165, 1.54) is 35.0 Å². The number of aromatic amines is 1. The van der Waals surface area contributed by atoms with Gasteiger partial charge in [-0.2, -0.15) is 0 Å². The van der Waals surface area contributed by atoms with Crippen molar-refractivity contribution in [3.05, 3.63) is 72.8 Å². The fourth-order valence-electron chi connectivity index (χ4n) is 3.69. The molecular formula is C21H24N3. The molecule has 1 aromatic heterocycles. The Kier molecular flexibility index (Phi) is 4.26. The highest BCUT2D eigenvalue weighted by Gasteiger charge is 2.22. The molecule has 0 amide bonds. The zero-order valence-corrected chi connectivity index (χ0v) is 14.0. The maximum Gasteiger partial charge on any atom is 0.0455 e. The lowest BCUT2D eigenvalue weighted by atomic mass is 10.0. The number of aromatic nitrogens is 1. The number of fused-ring (bicyclic) bond motifs is 1. The minimum absolute atomic E-state index is 0.580. The minimum atomic E-state index is 0.580. The van der Waals surface area contributed by atoms with E-state index in [2.05, 4.69) is 70.7 Å². The van der Waals surface area contributed by atoms with Crippen LogP contribution < -0.4 is 10.2 Å². The number of hydrogen-bond donors (Lipinski definition) is 2. The van der Waals surface area contributed by atoms with E-state index in [-0.39, 0.29) is 0 Å². The third-order valence-electron chi connectivity index (χ3n) is 4.96. The topological polar surface area (TPSA) is 31.1 Å². The Hall–Kier alpha value is -2.26. The second-order valence-electron chi connectivity index (χ2n) is 6.68. The van der Waals surface area contributed by atoms with Crippen LogP contribution in [0.2, 0.25) is 0 Å². The number of nitrogens with zero attached hydrogens (tertiary/aromatic N) is 1. The van der Waals surface area contributed by atoms with E-state index in [4.69, 9.17) is 0 Å². The third-order valence-corrected chi connectivity index (χ3v) is 4.96. The van der Waals surface area contributed by atoms with Gasteiger partial charge >= 0.3 is 0 Å². The zero-order chi connectivity index (χ0) is 16.4. The molecule has 0 bridgehead atoms. The van der Waals surface area contributed by atoms with Gasteiger partial charge < -0.3 is 15.2 Å². The van der Waals surface area contributed by atoms with Crippen LogP contribution in [-0.2, 0) is 6.54 Å². The van der Waals surface area contributed by atoms with Crippen molar-refractivity contribution in [2.45, 2.75) is 25.4 Å². The zero-order valence-electron chi connectivity index (χ0n) is 14.0. The Balaban J connectivity index is 1.68. The second kappa shape index (κ2) is 6.70. The predicted octanol–water partition coefficient (Wildman–Crippen LogP) is 4.11. The molecule has 3 heteroatoms. The molecule has 123 valence electrons. The van der Waals surface area contributed by atoms with Gasteiger partial charge in [0.2, 0.25) is 0 Å². The van der Waals surface area contributed by atoms with Crippen molar-refractivity contribution in [3.8, 4) is 0 Å². The van der Waals surface area contributed by atoms with Crippen LogP contribution in [-0.4, -0.2) is 24.1 Å². The lowest BCUT2D eigenvalue weighted by Gasteiger charge is -2.36. The van der Waals surface area contributed by atoms with E-state index in [0.717, 1.165) is 25.2 Å². The van der Waals surface area contributed by atoms with E-state index in [1.54, 1.807) is 0 Å².